The molecule has 1 saturated heterocycles. The Kier molecular flexibility index (Phi) is 6.09. The van der Waals surface area contributed by atoms with Crippen molar-refractivity contribution < 1.29 is 22.9 Å². The Morgan fingerprint density at radius 1 is 1.25 bits per heavy atom. The number of nitro benzene ring substituents is 1. The Hall–Kier alpha value is -3.09. The quantitative estimate of drug-likeness (QED) is 0.407. The molecule has 3 aromatic rings. The number of amides is 1. The number of carbonyl (C=O) groups is 1. The number of hydrogen-bond acceptors (Lipinski definition) is 8. The van der Waals surface area contributed by atoms with Crippen LogP contribution in [0.15, 0.2) is 41.3 Å². The van der Waals surface area contributed by atoms with Crippen molar-refractivity contribution in [1.29, 1.82) is 0 Å². The largest absolute Gasteiger partial charge is 0.487 e. The Morgan fingerprint density at radius 2 is 2.00 bits per heavy atom. The number of carbonyl (C=O) groups excluding carboxylic acids is 1. The molecule has 2 aromatic carbocycles. The maximum Gasteiger partial charge on any atom is 0.311 e. The van der Waals surface area contributed by atoms with E-state index in [2.05, 4.69) is 10.3 Å². The van der Waals surface area contributed by atoms with Crippen LogP contribution >= 0.6 is 11.3 Å². The number of hydrogen-bond donors (Lipinski definition) is 1. The summed E-state index contributed by atoms with van der Waals surface area (Å²) in [6.07, 6.45) is 1.70. The van der Waals surface area contributed by atoms with Gasteiger partial charge >= 0.3 is 5.69 Å². The predicted molar refractivity (Wildman–Crippen MR) is 120 cm³/mol. The van der Waals surface area contributed by atoms with E-state index in [0.717, 1.165) is 30.2 Å². The molecule has 0 bridgehead atoms. The van der Waals surface area contributed by atoms with E-state index < -0.39 is 20.9 Å². The summed E-state index contributed by atoms with van der Waals surface area (Å²) < 4.78 is 32.9. The van der Waals surface area contributed by atoms with Crippen LogP contribution < -0.4 is 10.1 Å². The molecule has 10 nitrogen and oxygen atoms in total. The molecular formula is C20H20N4O6S2. The molecule has 0 saturated carbocycles. The number of aromatic nitrogens is 1. The highest BCUT2D eigenvalue weighted by Crippen LogP contribution is 2.31. The number of sulfonamides is 1. The first-order valence-corrected chi connectivity index (χ1v) is 12.2. The zero-order chi connectivity index (χ0) is 22.9. The first-order chi connectivity index (χ1) is 15.3. The van der Waals surface area contributed by atoms with E-state index in [0.29, 0.717) is 23.3 Å². The van der Waals surface area contributed by atoms with Crippen LogP contribution in [0.2, 0.25) is 0 Å². The monoisotopic (exact) mass is 476 g/mol. The Balaban J connectivity index is 1.57. The first-order valence-electron chi connectivity index (χ1n) is 9.93. The summed E-state index contributed by atoms with van der Waals surface area (Å²) in [6.45, 7) is 2.99. The number of nitrogens with zero attached hydrogens (tertiary/aromatic N) is 3. The van der Waals surface area contributed by atoms with Crippen molar-refractivity contribution in [2.24, 2.45) is 0 Å². The molecule has 0 spiro atoms. The van der Waals surface area contributed by atoms with Crippen LogP contribution in [0.1, 0.15) is 30.1 Å². The summed E-state index contributed by atoms with van der Waals surface area (Å²) in [7, 11) is -3.56. The van der Waals surface area contributed by atoms with Crippen molar-refractivity contribution in [3.63, 3.8) is 0 Å². The molecular weight excluding hydrogens is 456 g/mol. The average molecular weight is 477 g/mol. The third-order valence-electron chi connectivity index (χ3n) is 5.00. The minimum Gasteiger partial charge on any atom is -0.487 e. The molecule has 1 aliphatic rings. The van der Waals surface area contributed by atoms with Gasteiger partial charge in [-0.1, -0.05) is 11.3 Å². The fourth-order valence-corrected chi connectivity index (χ4v) is 5.96. The van der Waals surface area contributed by atoms with E-state index in [1.54, 1.807) is 19.1 Å². The van der Waals surface area contributed by atoms with E-state index in [1.807, 2.05) is 0 Å². The van der Waals surface area contributed by atoms with Gasteiger partial charge in [-0.05, 0) is 50.1 Å². The van der Waals surface area contributed by atoms with Gasteiger partial charge in [0.15, 0.2) is 10.9 Å². The summed E-state index contributed by atoms with van der Waals surface area (Å²) in [5, 5.41) is 14.2. The topological polar surface area (TPSA) is 132 Å². The van der Waals surface area contributed by atoms with Gasteiger partial charge in [-0.15, -0.1) is 0 Å². The minimum atomic E-state index is -3.56. The number of ether oxygens (including phenoxy) is 1. The maximum absolute atomic E-state index is 12.8. The SMILES string of the molecule is CCOc1ccc(C(=O)Nc2nc3ccc(S(=O)(=O)N4CCCC4)cc3s2)cc1[N+](=O)[O-]. The molecule has 0 radical (unpaired) electrons. The van der Waals surface area contributed by atoms with E-state index in [4.69, 9.17) is 4.74 Å². The standard InChI is InChI=1S/C20H20N4O6S2/c1-2-30-17-8-5-13(11-16(17)24(26)27)19(25)22-20-21-15-7-6-14(12-18(15)31-20)32(28,29)23-9-3-4-10-23/h5-8,11-12H,2-4,9-10H2,1H3,(H,21,22,25). The second-order valence-electron chi connectivity index (χ2n) is 7.09. The molecule has 1 aromatic heterocycles. The molecule has 12 heteroatoms. The number of benzene rings is 2. The summed E-state index contributed by atoms with van der Waals surface area (Å²) in [5.74, 6) is -0.485. The number of nitrogens with one attached hydrogen (secondary N) is 1. The number of thiazole rings is 1. The zero-order valence-corrected chi connectivity index (χ0v) is 18.7. The lowest BCUT2D eigenvalue weighted by molar-refractivity contribution is -0.385. The van der Waals surface area contributed by atoms with Gasteiger partial charge in [0.1, 0.15) is 0 Å². The van der Waals surface area contributed by atoms with Crippen molar-refractivity contribution in [2.75, 3.05) is 25.0 Å². The summed E-state index contributed by atoms with van der Waals surface area (Å²) in [4.78, 5) is 27.8. The van der Waals surface area contributed by atoms with Crippen molar-refractivity contribution in [3.8, 4) is 5.75 Å². The summed E-state index contributed by atoms with van der Waals surface area (Å²) in [5.41, 5.74) is 0.320. The van der Waals surface area contributed by atoms with Crippen LogP contribution in [0.5, 0.6) is 5.75 Å². The van der Waals surface area contributed by atoms with Gasteiger partial charge in [-0.2, -0.15) is 4.31 Å². The Morgan fingerprint density at radius 3 is 2.69 bits per heavy atom. The smallest absolute Gasteiger partial charge is 0.311 e. The van der Waals surface area contributed by atoms with Crippen LogP contribution in [0, 0.1) is 10.1 Å². The molecule has 1 amide bonds. The van der Waals surface area contributed by atoms with Gasteiger partial charge in [-0.3, -0.25) is 20.2 Å². The molecule has 1 fully saturated rings. The molecule has 2 heterocycles. The van der Waals surface area contributed by atoms with Crippen LogP contribution in [-0.4, -0.2) is 48.2 Å². The summed E-state index contributed by atoms with van der Waals surface area (Å²) in [6, 6.07) is 8.63. The lowest BCUT2D eigenvalue weighted by atomic mass is 10.2. The van der Waals surface area contributed by atoms with E-state index in [1.165, 1.54) is 22.5 Å². The lowest BCUT2D eigenvalue weighted by Gasteiger charge is -2.15. The highest BCUT2D eigenvalue weighted by Gasteiger charge is 2.27. The first kappa shape index (κ1) is 22.1. The van der Waals surface area contributed by atoms with Gasteiger partial charge in [0.2, 0.25) is 10.0 Å². The Bertz CT molecular complexity index is 1300. The molecule has 1 aliphatic heterocycles. The highest BCUT2D eigenvalue weighted by atomic mass is 32.2. The number of anilines is 1. The average Bonchev–Trinajstić information content (AvgIpc) is 3.43. The van der Waals surface area contributed by atoms with E-state index in [-0.39, 0.29) is 33.6 Å². The molecule has 168 valence electrons. The molecule has 0 aliphatic carbocycles. The van der Waals surface area contributed by atoms with Crippen LogP contribution in [0.3, 0.4) is 0 Å². The van der Waals surface area contributed by atoms with Crippen molar-refractivity contribution in [3.05, 3.63) is 52.1 Å². The van der Waals surface area contributed by atoms with Crippen LogP contribution in [0.4, 0.5) is 10.8 Å². The second kappa shape index (κ2) is 8.81. The van der Waals surface area contributed by atoms with Crippen molar-refractivity contribution in [2.45, 2.75) is 24.7 Å². The van der Waals surface area contributed by atoms with E-state index in [9.17, 15) is 23.3 Å². The van der Waals surface area contributed by atoms with Crippen LogP contribution in [-0.2, 0) is 10.0 Å². The van der Waals surface area contributed by atoms with Gasteiger partial charge in [0, 0.05) is 24.7 Å². The fourth-order valence-electron chi connectivity index (χ4n) is 3.44. The van der Waals surface area contributed by atoms with Gasteiger partial charge in [0.25, 0.3) is 5.91 Å². The third-order valence-corrected chi connectivity index (χ3v) is 7.83. The third kappa shape index (κ3) is 4.29. The maximum atomic E-state index is 12.8. The van der Waals surface area contributed by atoms with Crippen molar-refractivity contribution >= 4 is 48.3 Å². The number of rotatable bonds is 7. The van der Waals surface area contributed by atoms with Gasteiger partial charge < -0.3 is 4.74 Å². The van der Waals surface area contributed by atoms with E-state index >= 15 is 0 Å². The molecule has 32 heavy (non-hydrogen) atoms. The lowest BCUT2D eigenvalue weighted by Crippen LogP contribution is -2.27. The zero-order valence-electron chi connectivity index (χ0n) is 17.1. The fraction of sp³-hybridized carbons (Fsp3) is 0.300. The normalized spacial score (nSPS) is 14.5. The number of fused-ring (bicyclic) bond motifs is 1. The minimum absolute atomic E-state index is 0.0803. The van der Waals surface area contributed by atoms with Gasteiger partial charge in [0.05, 0.1) is 26.6 Å². The van der Waals surface area contributed by atoms with Gasteiger partial charge in [-0.25, -0.2) is 13.4 Å². The molecule has 4 rings (SSSR count). The predicted octanol–water partition coefficient (Wildman–Crippen LogP) is 3.64. The molecule has 0 atom stereocenters. The number of nitro groups is 1. The highest BCUT2D eigenvalue weighted by molar-refractivity contribution is 7.89. The van der Waals surface area contributed by atoms with Crippen LogP contribution in [0.25, 0.3) is 10.2 Å². The Labute approximate surface area is 188 Å². The van der Waals surface area contributed by atoms with Crippen molar-refractivity contribution in [1.82, 2.24) is 9.29 Å². The second-order valence-corrected chi connectivity index (χ2v) is 10.1. The summed E-state index contributed by atoms with van der Waals surface area (Å²) >= 11 is 1.13. The molecule has 1 N–H and O–H groups in total. The molecule has 0 unspecified atom stereocenters.